The van der Waals surface area contributed by atoms with Crippen LogP contribution in [0, 0.1) is 5.82 Å². The first kappa shape index (κ1) is 24.8. The first-order valence-electron chi connectivity index (χ1n) is 11.2. The maximum Gasteiger partial charge on any atom is 0.414 e. The molecular formula is C22H27FN6O5S. The van der Waals surface area contributed by atoms with Gasteiger partial charge in [0.25, 0.3) is 0 Å². The highest BCUT2D eigenvalue weighted by atomic mass is 32.1. The van der Waals surface area contributed by atoms with Crippen molar-refractivity contribution in [2.24, 2.45) is 0 Å². The predicted octanol–water partition coefficient (Wildman–Crippen LogP) is 2.33. The van der Waals surface area contributed by atoms with Crippen molar-refractivity contribution in [3.63, 3.8) is 0 Å². The molecule has 0 spiro atoms. The number of aromatic nitrogens is 1. The number of urea groups is 1. The van der Waals surface area contributed by atoms with Crippen molar-refractivity contribution in [2.75, 3.05) is 47.8 Å². The minimum atomic E-state index is -0.558. The number of nitrogens with one attached hydrogen (secondary N) is 2. The Labute approximate surface area is 205 Å². The highest BCUT2D eigenvalue weighted by molar-refractivity contribution is 7.13. The molecule has 0 saturated carbocycles. The Morgan fingerprint density at radius 3 is 2.89 bits per heavy atom. The molecule has 13 heteroatoms. The number of hydrogen-bond donors (Lipinski definition) is 3. The summed E-state index contributed by atoms with van der Waals surface area (Å²) in [6.45, 7) is 3.10. The lowest BCUT2D eigenvalue weighted by Gasteiger charge is -2.24. The average Bonchev–Trinajstić information content (AvgIpc) is 3.35. The van der Waals surface area contributed by atoms with Gasteiger partial charge in [0, 0.05) is 31.4 Å². The Hall–Kier alpha value is -3.29. The molecule has 2 aliphatic rings. The van der Waals surface area contributed by atoms with Crippen molar-refractivity contribution < 1.29 is 28.6 Å². The number of nitrogens with zero attached hydrogens (tertiary/aromatic N) is 4. The van der Waals surface area contributed by atoms with E-state index in [9.17, 15) is 14.4 Å². The molecule has 2 fully saturated rings. The number of carbonyl (C=O) groups is 3. The number of aliphatic hydroxyl groups excluding tert-OH is 1. The van der Waals surface area contributed by atoms with Gasteiger partial charge in [0.05, 0.1) is 36.8 Å². The summed E-state index contributed by atoms with van der Waals surface area (Å²) in [5, 5.41) is 15.2. The summed E-state index contributed by atoms with van der Waals surface area (Å²) in [6.07, 6.45) is -0.195. The van der Waals surface area contributed by atoms with Crippen LogP contribution in [0.2, 0.25) is 0 Å². The summed E-state index contributed by atoms with van der Waals surface area (Å²) < 4.78 is 20.4. The summed E-state index contributed by atoms with van der Waals surface area (Å²) in [5.74, 6) is -0.461. The van der Waals surface area contributed by atoms with E-state index in [1.807, 2.05) is 4.90 Å². The fourth-order valence-corrected chi connectivity index (χ4v) is 4.60. The topological polar surface area (TPSA) is 127 Å². The number of benzene rings is 1. The highest BCUT2D eigenvalue weighted by Crippen LogP contribution is 2.29. The van der Waals surface area contributed by atoms with Crippen LogP contribution in [0.3, 0.4) is 0 Å². The predicted molar refractivity (Wildman–Crippen MR) is 128 cm³/mol. The monoisotopic (exact) mass is 506 g/mol. The molecule has 35 heavy (non-hydrogen) atoms. The number of hydrogen-bond acceptors (Lipinski definition) is 9. The molecule has 11 nitrogen and oxygen atoms in total. The third-order valence-corrected chi connectivity index (χ3v) is 6.53. The van der Waals surface area contributed by atoms with Crippen molar-refractivity contribution in [3.05, 3.63) is 35.1 Å². The molecule has 188 valence electrons. The molecule has 1 aromatic carbocycles. The van der Waals surface area contributed by atoms with Crippen LogP contribution in [0.4, 0.5) is 30.5 Å². The van der Waals surface area contributed by atoms with Gasteiger partial charge in [-0.1, -0.05) is 0 Å². The van der Waals surface area contributed by atoms with Crippen LogP contribution >= 0.6 is 11.3 Å². The van der Waals surface area contributed by atoms with Crippen LogP contribution in [0.5, 0.6) is 0 Å². The van der Waals surface area contributed by atoms with Crippen molar-refractivity contribution >= 4 is 45.8 Å². The third kappa shape index (κ3) is 6.05. The summed E-state index contributed by atoms with van der Waals surface area (Å²) >= 11 is 1.22. The Morgan fingerprint density at radius 2 is 2.17 bits per heavy atom. The van der Waals surface area contributed by atoms with E-state index in [0.29, 0.717) is 61.2 Å². The van der Waals surface area contributed by atoms with Gasteiger partial charge in [-0.2, -0.15) is 0 Å². The van der Waals surface area contributed by atoms with E-state index in [1.165, 1.54) is 34.2 Å². The molecule has 1 aromatic heterocycles. The number of anilines is 3. The smallest absolute Gasteiger partial charge is 0.414 e. The van der Waals surface area contributed by atoms with Gasteiger partial charge in [0.1, 0.15) is 17.7 Å². The van der Waals surface area contributed by atoms with Gasteiger partial charge in [-0.3, -0.25) is 15.2 Å². The number of carbonyl (C=O) groups excluding carboxylic acids is 3. The lowest BCUT2D eigenvalue weighted by atomic mass is 10.1. The van der Waals surface area contributed by atoms with Crippen molar-refractivity contribution in [2.45, 2.75) is 32.5 Å². The molecule has 3 heterocycles. The quantitative estimate of drug-likeness (QED) is 0.522. The molecule has 1 atom stereocenters. The minimum absolute atomic E-state index is 0.0249. The van der Waals surface area contributed by atoms with Gasteiger partial charge in [-0.25, -0.2) is 24.4 Å². The number of aliphatic hydroxyl groups is 1. The number of Topliss-reactive ketones (excluding diaryl/α,β-unsaturated/α-hetero) is 1. The molecule has 0 radical (unpaired) electrons. The SMILES string of the molecule is CC(=O)CC[C@H]1CN(c2ccc(N3CCNN(C(=O)Nc4nc(CO)cs4)CC3)c(F)c2)C(=O)O1. The Balaban J connectivity index is 1.36. The lowest BCUT2D eigenvalue weighted by Crippen LogP contribution is -2.46. The van der Waals surface area contributed by atoms with Crippen LogP contribution in [0.1, 0.15) is 25.5 Å². The second-order valence-corrected chi connectivity index (χ2v) is 9.13. The van der Waals surface area contributed by atoms with Gasteiger partial charge in [-0.05, 0) is 31.5 Å². The zero-order valence-corrected chi connectivity index (χ0v) is 20.0. The zero-order chi connectivity index (χ0) is 24.9. The van der Waals surface area contributed by atoms with E-state index in [4.69, 9.17) is 9.84 Å². The Kier molecular flexibility index (Phi) is 7.78. The number of amides is 3. The molecule has 3 N–H and O–H groups in total. The Bertz CT molecular complexity index is 1100. The first-order chi connectivity index (χ1) is 16.8. The second-order valence-electron chi connectivity index (χ2n) is 8.27. The van der Waals surface area contributed by atoms with E-state index in [2.05, 4.69) is 15.7 Å². The van der Waals surface area contributed by atoms with Crippen molar-refractivity contribution in [1.82, 2.24) is 15.4 Å². The zero-order valence-electron chi connectivity index (χ0n) is 19.2. The minimum Gasteiger partial charge on any atom is -0.444 e. The summed E-state index contributed by atoms with van der Waals surface area (Å²) in [7, 11) is 0. The molecule has 4 rings (SSSR count). The van der Waals surface area contributed by atoms with E-state index in [-0.39, 0.29) is 18.9 Å². The van der Waals surface area contributed by atoms with E-state index in [1.54, 1.807) is 17.5 Å². The number of cyclic esters (lactones) is 1. The molecule has 2 saturated heterocycles. The van der Waals surface area contributed by atoms with E-state index >= 15 is 4.39 Å². The van der Waals surface area contributed by atoms with Crippen LogP contribution in [0.15, 0.2) is 23.6 Å². The largest absolute Gasteiger partial charge is 0.444 e. The fourth-order valence-electron chi connectivity index (χ4n) is 3.91. The second kappa shape index (κ2) is 11.0. The molecule has 0 unspecified atom stereocenters. The number of thiazole rings is 1. The lowest BCUT2D eigenvalue weighted by molar-refractivity contribution is -0.117. The molecule has 0 bridgehead atoms. The van der Waals surface area contributed by atoms with Crippen molar-refractivity contribution in [1.29, 1.82) is 0 Å². The maximum atomic E-state index is 15.1. The number of rotatable bonds is 7. The molecular weight excluding hydrogens is 479 g/mol. The van der Waals surface area contributed by atoms with Gasteiger partial charge in [-0.15, -0.1) is 11.3 Å². The number of ketones is 1. The molecule has 2 aromatic rings. The number of hydrazine groups is 1. The summed E-state index contributed by atoms with van der Waals surface area (Å²) in [5.41, 5.74) is 4.26. The number of halogens is 1. The molecule has 0 aliphatic carbocycles. The summed E-state index contributed by atoms with van der Waals surface area (Å²) in [4.78, 5) is 43.3. The Morgan fingerprint density at radius 1 is 1.34 bits per heavy atom. The molecule has 3 amide bonds. The normalized spacial score (nSPS) is 18.4. The van der Waals surface area contributed by atoms with Crippen LogP contribution < -0.4 is 20.5 Å². The molecule has 2 aliphatic heterocycles. The standard InChI is InChI=1S/C22H27FN6O5S/c1-14(31)2-4-17-11-28(22(33)34-17)16-3-5-19(18(23)10-16)27-7-6-24-29(9-8-27)21(32)26-20-25-15(12-30)13-35-20/h3,5,10,13,17,24,30H,2,4,6-9,11-12H2,1H3,(H,25,26,32)/t17-/m0/s1. The fraction of sp³-hybridized carbons (Fsp3) is 0.455. The number of ether oxygens (including phenoxy) is 1. The van der Waals surface area contributed by atoms with Crippen LogP contribution in [-0.4, -0.2) is 71.8 Å². The highest BCUT2D eigenvalue weighted by Gasteiger charge is 2.33. The van der Waals surface area contributed by atoms with Gasteiger partial charge >= 0.3 is 12.1 Å². The average molecular weight is 507 g/mol. The van der Waals surface area contributed by atoms with Gasteiger partial charge in [0.15, 0.2) is 5.13 Å². The van der Waals surface area contributed by atoms with E-state index in [0.717, 1.165) is 0 Å². The van der Waals surface area contributed by atoms with Gasteiger partial charge < -0.3 is 19.5 Å². The van der Waals surface area contributed by atoms with Crippen LogP contribution in [-0.2, 0) is 16.1 Å². The third-order valence-electron chi connectivity index (χ3n) is 5.73. The van der Waals surface area contributed by atoms with E-state index < -0.39 is 24.0 Å². The summed E-state index contributed by atoms with van der Waals surface area (Å²) in [6, 6.07) is 4.18. The van der Waals surface area contributed by atoms with Gasteiger partial charge in [0.2, 0.25) is 0 Å². The first-order valence-corrected chi connectivity index (χ1v) is 12.1. The van der Waals surface area contributed by atoms with Crippen molar-refractivity contribution in [3.8, 4) is 0 Å². The maximum absolute atomic E-state index is 15.1. The van der Waals surface area contributed by atoms with Crippen LogP contribution in [0.25, 0.3) is 0 Å².